The molecule has 2 saturated heterocycles. The molecule has 0 N–H and O–H groups in total. The maximum absolute atomic E-state index is 12.8. The van der Waals surface area contributed by atoms with Crippen LogP contribution >= 0.6 is 0 Å². The summed E-state index contributed by atoms with van der Waals surface area (Å²) in [5, 5.41) is 8.68. The van der Waals surface area contributed by atoms with Crippen molar-refractivity contribution < 1.29 is 9.59 Å². The molecule has 0 aromatic carbocycles. The van der Waals surface area contributed by atoms with E-state index in [1.807, 2.05) is 39.6 Å². The Labute approximate surface area is 164 Å². The number of piperazine rings is 1. The highest BCUT2D eigenvalue weighted by atomic mass is 16.2. The van der Waals surface area contributed by atoms with Crippen LogP contribution in [0.15, 0.2) is 18.3 Å². The Kier molecular flexibility index (Phi) is 4.92. The lowest BCUT2D eigenvalue weighted by atomic mass is 10.1. The summed E-state index contributed by atoms with van der Waals surface area (Å²) in [7, 11) is 5.55. The largest absolute Gasteiger partial charge is 0.339 e. The van der Waals surface area contributed by atoms with Crippen LogP contribution in [0.1, 0.15) is 35.1 Å². The molecule has 28 heavy (non-hydrogen) atoms. The molecular formula is C19H27N7O2. The maximum Gasteiger partial charge on any atom is 0.319 e. The topological polar surface area (TPSA) is 77.3 Å². The molecule has 1 atom stereocenters. The van der Waals surface area contributed by atoms with Gasteiger partial charge in [-0.15, -0.1) is 10.2 Å². The minimum atomic E-state index is -0.0789. The number of pyridine rings is 1. The van der Waals surface area contributed by atoms with Gasteiger partial charge in [-0.3, -0.25) is 14.1 Å². The molecule has 4 rings (SSSR count). The molecule has 0 aliphatic carbocycles. The second kappa shape index (κ2) is 7.38. The number of hydrogen-bond acceptors (Lipinski definition) is 5. The van der Waals surface area contributed by atoms with Gasteiger partial charge in [-0.2, -0.15) is 0 Å². The van der Waals surface area contributed by atoms with E-state index in [0.29, 0.717) is 24.3 Å². The lowest BCUT2D eigenvalue weighted by Crippen LogP contribution is -2.52. The summed E-state index contributed by atoms with van der Waals surface area (Å²) >= 11 is 0. The number of aromatic nitrogens is 3. The summed E-state index contributed by atoms with van der Waals surface area (Å²) in [4.78, 5) is 32.7. The first-order valence-corrected chi connectivity index (χ1v) is 9.76. The predicted molar refractivity (Wildman–Crippen MR) is 104 cm³/mol. The first-order valence-electron chi connectivity index (χ1n) is 9.76. The molecule has 2 aliphatic rings. The molecule has 4 heterocycles. The Morgan fingerprint density at radius 1 is 1.04 bits per heavy atom. The van der Waals surface area contributed by atoms with E-state index in [-0.39, 0.29) is 18.0 Å². The summed E-state index contributed by atoms with van der Waals surface area (Å²) in [5.74, 6) is 0.810. The van der Waals surface area contributed by atoms with Crippen LogP contribution < -0.4 is 0 Å². The van der Waals surface area contributed by atoms with Crippen LogP contribution in [-0.2, 0) is 0 Å². The number of carbonyl (C=O) groups is 2. The zero-order valence-corrected chi connectivity index (χ0v) is 16.7. The smallest absolute Gasteiger partial charge is 0.319 e. The number of hydrogen-bond donors (Lipinski definition) is 0. The highest BCUT2D eigenvalue weighted by molar-refractivity contribution is 5.94. The maximum atomic E-state index is 12.8. The van der Waals surface area contributed by atoms with E-state index >= 15 is 0 Å². The molecule has 2 aliphatic heterocycles. The zero-order valence-electron chi connectivity index (χ0n) is 16.7. The van der Waals surface area contributed by atoms with Gasteiger partial charge in [0.1, 0.15) is 0 Å². The molecule has 0 spiro atoms. The highest BCUT2D eigenvalue weighted by Gasteiger charge is 2.32. The van der Waals surface area contributed by atoms with Crippen LogP contribution in [0.5, 0.6) is 0 Å². The summed E-state index contributed by atoms with van der Waals surface area (Å²) < 4.78 is 1.90. The Balaban J connectivity index is 1.64. The monoisotopic (exact) mass is 385 g/mol. The van der Waals surface area contributed by atoms with Crippen LogP contribution in [0.4, 0.5) is 4.79 Å². The van der Waals surface area contributed by atoms with Gasteiger partial charge in [0, 0.05) is 53.0 Å². The zero-order chi connectivity index (χ0) is 19.8. The van der Waals surface area contributed by atoms with Crippen molar-refractivity contribution in [1.29, 1.82) is 0 Å². The number of likely N-dealkylation sites (N-methyl/N-ethyl adjacent to an activating group) is 1. The minimum absolute atomic E-state index is 0.00294. The number of carbonyl (C=O) groups excluding carboxylic acids is 2. The lowest BCUT2D eigenvalue weighted by molar-refractivity contribution is 0.0792. The van der Waals surface area contributed by atoms with E-state index in [1.54, 1.807) is 19.0 Å². The van der Waals surface area contributed by atoms with Crippen molar-refractivity contribution in [2.45, 2.75) is 18.9 Å². The van der Waals surface area contributed by atoms with E-state index in [9.17, 15) is 9.59 Å². The lowest BCUT2D eigenvalue weighted by Gasteiger charge is -2.39. The van der Waals surface area contributed by atoms with Crippen LogP contribution in [-0.4, -0.2) is 100 Å². The van der Waals surface area contributed by atoms with E-state index < -0.39 is 0 Å². The predicted octanol–water partition coefficient (Wildman–Crippen LogP) is 0.935. The number of rotatable bonds is 2. The van der Waals surface area contributed by atoms with Crippen LogP contribution in [0.2, 0.25) is 0 Å². The number of nitrogens with zero attached hydrogens (tertiary/aromatic N) is 7. The number of likely N-dealkylation sites (tertiary alicyclic amines) is 1. The molecule has 0 saturated carbocycles. The molecule has 3 amide bonds. The van der Waals surface area contributed by atoms with Gasteiger partial charge in [-0.05, 0) is 32.0 Å². The van der Waals surface area contributed by atoms with Crippen molar-refractivity contribution in [2.75, 3.05) is 53.9 Å². The van der Waals surface area contributed by atoms with Crippen molar-refractivity contribution in [3.63, 3.8) is 0 Å². The van der Waals surface area contributed by atoms with Gasteiger partial charge in [0.15, 0.2) is 11.5 Å². The molecule has 2 aromatic heterocycles. The Hall–Kier alpha value is -2.68. The average Bonchev–Trinajstić information content (AvgIpc) is 3.37. The quantitative estimate of drug-likeness (QED) is 0.769. The summed E-state index contributed by atoms with van der Waals surface area (Å²) in [6.45, 7) is 3.61. The van der Waals surface area contributed by atoms with Crippen LogP contribution in [0.25, 0.3) is 5.65 Å². The molecule has 2 aromatic rings. The summed E-state index contributed by atoms with van der Waals surface area (Å²) in [6, 6.07) is 3.58. The summed E-state index contributed by atoms with van der Waals surface area (Å²) in [6.07, 6.45) is 3.97. The number of amides is 3. The van der Waals surface area contributed by atoms with Crippen LogP contribution in [0.3, 0.4) is 0 Å². The van der Waals surface area contributed by atoms with Gasteiger partial charge in [0.05, 0.1) is 11.6 Å². The molecule has 0 bridgehead atoms. The first kappa shape index (κ1) is 18.7. The molecule has 2 fully saturated rings. The Bertz CT molecular complexity index is 888. The van der Waals surface area contributed by atoms with E-state index in [2.05, 4.69) is 15.1 Å². The standard InChI is InChI=1S/C19H27N7O2/c1-22(2)19(28)25-11-10-23(3)15(13-25)17-21-20-16-7-6-14(12-26(16)17)18(27)24-8-4-5-9-24/h6-7,12,15H,4-5,8-11,13H2,1-3H3/t15-/m1/s1. The molecular weight excluding hydrogens is 358 g/mol. The number of urea groups is 1. The van der Waals surface area contributed by atoms with E-state index in [1.165, 1.54) is 0 Å². The van der Waals surface area contributed by atoms with Gasteiger partial charge in [-0.25, -0.2) is 4.79 Å². The normalized spacial score (nSPS) is 20.8. The molecule has 9 nitrogen and oxygen atoms in total. The SMILES string of the molecule is CN(C)C(=O)N1CCN(C)[C@@H](c2nnc3ccc(C(=O)N4CCCC4)cn23)C1. The van der Waals surface area contributed by atoms with Gasteiger partial charge in [0.2, 0.25) is 0 Å². The van der Waals surface area contributed by atoms with Crippen LogP contribution in [0, 0.1) is 0 Å². The second-order valence-electron chi connectivity index (χ2n) is 7.82. The Morgan fingerprint density at radius 3 is 2.50 bits per heavy atom. The third-order valence-corrected chi connectivity index (χ3v) is 5.67. The number of fused-ring (bicyclic) bond motifs is 1. The fourth-order valence-electron chi connectivity index (χ4n) is 3.97. The second-order valence-corrected chi connectivity index (χ2v) is 7.82. The third-order valence-electron chi connectivity index (χ3n) is 5.67. The summed E-state index contributed by atoms with van der Waals surface area (Å²) in [5.41, 5.74) is 1.35. The van der Waals surface area contributed by atoms with Crippen molar-refractivity contribution in [2.24, 2.45) is 0 Å². The van der Waals surface area contributed by atoms with Gasteiger partial charge in [-0.1, -0.05) is 0 Å². The van der Waals surface area contributed by atoms with E-state index in [4.69, 9.17) is 0 Å². The van der Waals surface area contributed by atoms with E-state index in [0.717, 1.165) is 38.3 Å². The van der Waals surface area contributed by atoms with Gasteiger partial charge >= 0.3 is 6.03 Å². The van der Waals surface area contributed by atoms with Crippen molar-refractivity contribution >= 4 is 17.6 Å². The van der Waals surface area contributed by atoms with Gasteiger partial charge in [0.25, 0.3) is 5.91 Å². The molecule has 0 radical (unpaired) electrons. The molecule has 9 heteroatoms. The first-order chi connectivity index (χ1) is 13.5. The fourth-order valence-corrected chi connectivity index (χ4v) is 3.97. The minimum Gasteiger partial charge on any atom is -0.339 e. The fraction of sp³-hybridized carbons (Fsp3) is 0.579. The molecule has 0 unspecified atom stereocenters. The molecule has 150 valence electrons. The van der Waals surface area contributed by atoms with Crippen molar-refractivity contribution in [3.8, 4) is 0 Å². The van der Waals surface area contributed by atoms with Gasteiger partial charge < -0.3 is 14.7 Å². The third kappa shape index (κ3) is 3.30. The van der Waals surface area contributed by atoms with Crippen molar-refractivity contribution in [1.82, 2.24) is 34.2 Å². The highest BCUT2D eigenvalue weighted by Crippen LogP contribution is 2.24. The average molecular weight is 385 g/mol. The Morgan fingerprint density at radius 2 is 1.79 bits per heavy atom. The van der Waals surface area contributed by atoms with Crippen molar-refractivity contribution in [3.05, 3.63) is 29.7 Å².